The first kappa shape index (κ1) is 13.7. The van der Waals surface area contributed by atoms with Crippen LogP contribution in [0.2, 0.25) is 5.02 Å². The zero-order valence-electron chi connectivity index (χ0n) is 10.9. The third kappa shape index (κ3) is 3.16. The van der Waals surface area contributed by atoms with Gasteiger partial charge in [-0.2, -0.15) is 0 Å². The minimum atomic E-state index is 0.160. The Morgan fingerprint density at radius 3 is 2.44 bits per heavy atom. The summed E-state index contributed by atoms with van der Waals surface area (Å²) in [6.45, 7) is 5.19. The molecule has 2 unspecified atom stereocenters. The first-order valence-corrected chi connectivity index (χ1v) is 6.73. The van der Waals surface area contributed by atoms with Crippen molar-refractivity contribution in [3.63, 3.8) is 0 Å². The molecular weight excluding hydrogens is 250 g/mol. The van der Waals surface area contributed by atoms with Crippen LogP contribution >= 0.6 is 11.6 Å². The molecule has 1 fully saturated rings. The van der Waals surface area contributed by atoms with E-state index < -0.39 is 0 Å². The molecule has 1 aliphatic rings. The lowest BCUT2D eigenvalue weighted by Crippen LogP contribution is -2.23. The van der Waals surface area contributed by atoms with Crippen LogP contribution in [0.5, 0.6) is 5.75 Å². The molecule has 18 heavy (non-hydrogen) atoms. The van der Waals surface area contributed by atoms with Crippen LogP contribution in [0, 0.1) is 13.8 Å². The molecule has 0 aromatic heterocycles. The summed E-state index contributed by atoms with van der Waals surface area (Å²) in [7, 11) is 0. The number of aryl methyl sites for hydroxylation is 2. The Morgan fingerprint density at radius 1 is 1.28 bits per heavy atom. The average molecular weight is 270 g/mol. The van der Waals surface area contributed by atoms with Crippen molar-refractivity contribution in [1.29, 1.82) is 0 Å². The average Bonchev–Trinajstić information content (AvgIpc) is 2.75. The molecular formula is C14H20ClNO2. The molecule has 4 heteroatoms. The molecule has 0 radical (unpaired) electrons. The molecule has 0 amide bonds. The van der Waals surface area contributed by atoms with Crippen molar-refractivity contribution >= 4 is 11.6 Å². The van der Waals surface area contributed by atoms with Crippen LogP contribution in [0.15, 0.2) is 12.1 Å². The van der Waals surface area contributed by atoms with E-state index in [0.29, 0.717) is 13.2 Å². The highest BCUT2D eigenvalue weighted by atomic mass is 35.5. The van der Waals surface area contributed by atoms with Crippen molar-refractivity contribution in [2.75, 3.05) is 13.2 Å². The highest BCUT2D eigenvalue weighted by Crippen LogP contribution is 2.28. The summed E-state index contributed by atoms with van der Waals surface area (Å²) < 4.78 is 11.6. The Morgan fingerprint density at radius 2 is 1.89 bits per heavy atom. The van der Waals surface area contributed by atoms with Gasteiger partial charge in [-0.3, -0.25) is 0 Å². The third-order valence-electron chi connectivity index (χ3n) is 3.30. The second-order valence-corrected chi connectivity index (χ2v) is 5.31. The molecule has 1 aromatic carbocycles. The van der Waals surface area contributed by atoms with Gasteiger partial charge in [-0.05, 0) is 49.9 Å². The van der Waals surface area contributed by atoms with Crippen LogP contribution in [-0.4, -0.2) is 25.4 Å². The maximum Gasteiger partial charge on any atom is 0.125 e. The molecule has 0 aliphatic carbocycles. The third-order valence-corrected chi connectivity index (χ3v) is 3.52. The Hall–Kier alpha value is -0.770. The second-order valence-electron chi connectivity index (χ2n) is 4.87. The van der Waals surface area contributed by atoms with Gasteiger partial charge in [0.05, 0.1) is 12.2 Å². The van der Waals surface area contributed by atoms with E-state index in [-0.39, 0.29) is 12.2 Å². The lowest BCUT2D eigenvalue weighted by atomic mass is 10.1. The monoisotopic (exact) mass is 269 g/mol. The molecule has 0 saturated carbocycles. The van der Waals surface area contributed by atoms with Gasteiger partial charge in [0.25, 0.3) is 0 Å². The van der Waals surface area contributed by atoms with Crippen molar-refractivity contribution < 1.29 is 9.47 Å². The number of hydrogen-bond donors (Lipinski definition) is 1. The normalized spacial score (nSPS) is 23.3. The van der Waals surface area contributed by atoms with E-state index in [1.165, 1.54) is 0 Å². The fourth-order valence-corrected chi connectivity index (χ4v) is 2.70. The molecule has 2 rings (SSSR count). The van der Waals surface area contributed by atoms with Gasteiger partial charge in [0, 0.05) is 11.6 Å². The predicted molar refractivity (Wildman–Crippen MR) is 73.4 cm³/mol. The summed E-state index contributed by atoms with van der Waals surface area (Å²) in [5.41, 5.74) is 7.71. The maximum absolute atomic E-state index is 5.99. The molecule has 1 aromatic rings. The Bertz CT molecular complexity index is 399. The van der Waals surface area contributed by atoms with Crippen molar-refractivity contribution in [3.8, 4) is 5.75 Å². The minimum absolute atomic E-state index is 0.160. The number of nitrogens with two attached hydrogens (primary N) is 1. The zero-order chi connectivity index (χ0) is 13.1. The summed E-state index contributed by atoms with van der Waals surface area (Å²) in [6, 6.07) is 3.84. The summed E-state index contributed by atoms with van der Waals surface area (Å²) in [6.07, 6.45) is 2.41. The van der Waals surface area contributed by atoms with Crippen molar-refractivity contribution in [2.24, 2.45) is 5.73 Å². The van der Waals surface area contributed by atoms with Crippen LogP contribution in [0.3, 0.4) is 0 Å². The zero-order valence-corrected chi connectivity index (χ0v) is 11.7. The van der Waals surface area contributed by atoms with Gasteiger partial charge in [0.1, 0.15) is 12.4 Å². The van der Waals surface area contributed by atoms with Gasteiger partial charge in [-0.25, -0.2) is 0 Å². The maximum atomic E-state index is 5.99. The van der Waals surface area contributed by atoms with E-state index in [9.17, 15) is 0 Å². The van der Waals surface area contributed by atoms with E-state index >= 15 is 0 Å². The van der Waals surface area contributed by atoms with E-state index in [4.69, 9.17) is 26.8 Å². The lowest BCUT2D eigenvalue weighted by molar-refractivity contribution is 0.0219. The topological polar surface area (TPSA) is 44.5 Å². The quantitative estimate of drug-likeness (QED) is 0.914. The summed E-state index contributed by atoms with van der Waals surface area (Å²) in [5, 5.41) is 0.748. The Labute approximate surface area is 113 Å². The second kappa shape index (κ2) is 5.91. The lowest BCUT2D eigenvalue weighted by Gasteiger charge is -2.16. The van der Waals surface area contributed by atoms with E-state index in [2.05, 4.69) is 0 Å². The molecule has 100 valence electrons. The number of hydrogen-bond acceptors (Lipinski definition) is 3. The molecule has 2 atom stereocenters. The molecule has 2 N–H and O–H groups in total. The van der Waals surface area contributed by atoms with Crippen molar-refractivity contribution in [3.05, 3.63) is 28.3 Å². The first-order chi connectivity index (χ1) is 8.60. The molecule has 3 nitrogen and oxygen atoms in total. The van der Waals surface area contributed by atoms with Gasteiger partial charge in [0.2, 0.25) is 0 Å². The number of benzene rings is 1. The number of rotatable bonds is 4. The van der Waals surface area contributed by atoms with Crippen LogP contribution in [0.25, 0.3) is 0 Å². The van der Waals surface area contributed by atoms with Gasteiger partial charge in [0.15, 0.2) is 0 Å². The van der Waals surface area contributed by atoms with Gasteiger partial charge >= 0.3 is 0 Å². The summed E-state index contributed by atoms with van der Waals surface area (Å²) in [5.74, 6) is 0.916. The van der Waals surface area contributed by atoms with Crippen LogP contribution < -0.4 is 10.5 Å². The smallest absolute Gasteiger partial charge is 0.125 e. The predicted octanol–water partition coefficient (Wildman–Crippen LogP) is 2.84. The Kier molecular flexibility index (Phi) is 4.49. The van der Waals surface area contributed by atoms with E-state index in [0.717, 1.165) is 34.7 Å². The van der Waals surface area contributed by atoms with Gasteiger partial charge < -0.3 is 15.2 Å². The van der Waals surface area contributed by atoms with Crippen molar-refractivity contribution in [1.82, 2.24) is 0 Å². The standard InChI is InChI=1S/C14H20ClNO2/c1-9-5-11(15)6-10(2)14(9)17-8-13-4-3-12(7-16)18-13/h5-6,12-13H,3-4,7-8,16H2,1-2H3. The summed E-state index contributed by atoms with van der Waals surface area (Å²) in [4.78, 5) is 0. The molecule has 0 spiro atoms. The van der Waals surface area contributed by atoms with Gasteiger partial charge in [-0.15, -0.1) is 0 Å². The van der Waals surface area contributed by atoms with Crippen LogP contribution in [-0.2, 0) is 4.74 Å². The number of halogens is 1. The van der Waals surface area contributed by atoms with Gasteiger partial charge in [-0.1, -0.05) is 11.6 Å². The van der Waals surface area contributed by atoms with E-state index in [1.807, 2.05) is 26.0 Å². The SMILES string of the molecule is Cc1cc(Cl)cc(C)c1OCC1CCC(CN)O1. The number of ether oxygens (including phenoxy) is 2. The minimum Gasteiger partial charge on any atom is -0.490 e. The molecule has 0 bridgehead atoms. The van der Waals surface area contributed by atoms with Crippen LogP contribution in [0.1, 0.15) is 24.0 Å². The molecule has 1 saturated heterocycles. The first-order valence-electron chi connectivity index (χ1n) is 6.35. The molecule has 1 aliphatic heterocycles. The van der Waals surface area contributed by atoms with Crippen LogP contribution in [0.4, 0.5) is 0 Å². The Balaban J connectivity index is 1.95. The highest BCUT2D eigenvalue weighted by molar-refractivity contribution is 6.30. The largest absolute Gasteiger partial charge is 0.490 e. The van der Waals surface area contributed by atoms with E-state index in [1.54, 1.807) is 0 Å². The highest BCUT2D eigenvalue weighted by Gasteiger charge is 2.24. The van der Waals surface area contributed by atoms with Crippen molar-refractivity contribution in [2.45, 2.75) is 38.9 Å². The fraction of sp³-hybridized carbons (Fsp3) is 0.571. The fourth-order valence-electron chi connectivity index (χ4n) is 2.38. The molecule has 1 heterocycles. The summed E-state index contributed by atoms with van der Waals surface area (Å²) >= 11 is 5.99.